The molecule has 3 aromatic carbocycles. The summed E-state index contributed by atoms with van der Waals surface area (Å²) in [5.41, 5.74) is 2.46. The van der Waals surface area contributed by atoms with E-state index in [0.717, 1.165) is 27.5 Å². The Hall–Kier alpha value is -3.04. The summed E-state index contributed by atoms with van der Waals surface area (Å²) in [5.74, 6) is -0.374. The highest BCUT2D eigenvalue weighted by molar-refractivity contribution is 8.00. The number of carbonyl (C=O) groups is 2. The van der Waals surface area contributed by atoms with Crippen molar-refractivity contribution in [1.29, 1.82) is 0 Å². The molecule has 3 heterocycles. The number of aromatic nitrogens is 1. The van der Waals surface area contributed by atoms with Gasteiger partial charge in [-0.3, -0.25) is 19.3 Å². The van der Waals surface area contributed by atoms with Crippen LogP contribution in [0.3, 0.4) is 0 Å². The van der Waals surface area contributed by atoms with Gasteiger partial charge in [-0.1, -0.05) is 64.9 Å². The first-order chi connectivity index (χ1) is 20.4. The third-order valence-corrected chi connectivity index (χ3v) is 12.4. The molecule has 2 amide bonds. The number of rotatable bonds is 5. The number of para-hydroxylation sites is 1. The van der Waals surface area contributed by atoms with Crippen LogP contribution in [0.2, 0.25) is 10.0 Å². The van der Waals surface area contributed by atoms with E-state index in [1.54, 1.807) is 11.8 Å². The molecule has 2 saturated carbocycles. The highest BCUT2D eigenvalue weighted by Crippen LogP contribution is 2.69. The number of nitrogens with zero attached hydrogens (tertiary/aromatic N) is 1. The topological polar surface area (TPSA) is 79.5 Å². The molecule has 1 saturated heterocycles. The van der Waals surface area contributed by atoms with Crippen LogP contribution in [0.1, 0.15) is 28.3 Å². The maximum atomic E-state index is 14.0. The van der Waals surface area contributed by atoms with Crippen molar-refractivity contribution in [3.63, 3.8) is 0 Å². The Kier molecular flexibility index (Phi) is 6.34. The Balaban J connectivity index is 1.21. The van der Waals surface area contributed by atoms with E-state index in [9.17, 15) is 14.4 Å². The molecule has 0 unspecified atom stereocenters. The standard InChI is InChI=1S/C32H24Cl2N2O4S2/c33-16-6-4-5-15(11-16)14-40-22-10-9-17(34)12-19(22)23-24-20-13-21(27(24)41-29-28(23)42-32(39)35-29)26-25(20)30(37)36(31(26)38)18-7-2-1-3-8-18/h1-12,20-21,23-27H,13-14H2,(H,35,39)/t20-,21-,23+,24+,25+,26+,27-/m1/s1. The molecule has 7 atom stereocenters. The van der Waals surface area contributed by atoms with E-state index >= 15 is 0 Å². The molecule has 10 heteroatoms. The third kappa shape index (κ3) is 4.03. The number of hydrogen-bond donors (Lipinski definition) is 1. The fourth-order valence-electron chi connectivity index (χ4n) is 7.88. The van der Waals surface area contributed by atoms with Gasteiger partial charge in [0, 0.05) is 31.7 Å². The number of anilines is 1. The zero-order valence-electron chi connectivity index (χ0n) is 22.0. The number of thiazole rings is 1. The van der Waals surface area contributed by atoms with E-state index in [4.69, 9.17) is 27.9 Å². The molecule has 4 aliphatic rings. The maximum Gasteiger partial charge on any atom is 0.305 e. The summed E-state index contributed by atoms with van der Waals surface area (Å²) in [6.07, 6.45) is 0.812. The number of halogens is 2. The molecule has 0 spiro atoms. The average Bonchev–Trinajstić information content (AvgIpc) is 3.71. The van der Waals surface area contributed by atoms with Crippen molar-refractivity contribution in [2.24, 2.45) is 29.6 Å². The highest BCUT2D eigenvalue weighted by atomic mass is 35.5. The second-order valence-electron chi connectivity index (χ2n) is 11.4. The molecule has 1 aromatic heterocycles. The summed E-state index contributed by atoms with van der Waals surface area (Å²) in [5, 5.41) is 2.13. The average molecular weight is 636 g/mol. The minimum atomic E-state index is -0.376. The number of ether oxygens (including phenoxy) is 1. The highest BCUT2D eigenvalue weighted by Gasteiger charge is 2.69. The van der Waals surface area contributed by atoms with Crippen LogP contribution in [0, 0.1) is 29.6 Å². The summed E-state index contributed by atoms with van der Waals surface area (Å²) in [4.78, 5) is 45.7. The minimum absolute atomic E-state index is 0.00206. The molecular formula is C32H24Cl2N2O4S2. The lowest BCUT2D eigenvalue weighted by molar-refractivity contribution is -0.123. The molecule has 212 valence electrons. The van der Waals surface area contributed by atoms with Gasteiger partial charge in [0.05, 0.1) is 22.5 Å². The van der Waals surface area contributed by atoms with Crippen molar-refractivity contribution in [2.75, 3.05) is 4.90 Å². The smallest absolute Gasteiger partial charge is 0.305 e. The monoisotopic (exact) mass is 634 g/mol. The van der Waals surface area contributed by atoms with Gasteiger partial charge in [0.25, 0.3) is 0 Å². The molecule has 2 aliphatic carbocycles. The molecule has 2 aliphatic heterocycles. The summed E-state index contributed by atoms with van der Waals surface area (Å²) in [7, 11) is 0. The number of carbonyl (C=O) groups excluding carboxylic acids is 2. The zero-order chi connectivity index (χ0) is 28.7. The first kappa shape index (κ1) is 26.6. The van der Waals surface area contributed by atoms with Crippen LogP contribution in [0.15, 0.2) is 82.6 Å². The van der Waals surface area contributed by atoms with Gasteiger partial charge in [0.1, 0.15) is 12.4 Å². The quantitative estimate of drug-likeness (QED) is 0.239. The van der Waals surface area contributed by atoms with Gasteiger partial charge in [-0.15, -0.1) is 11.8 Å². The number of benzene rings is 3. The van der Waals surface area contributed by atoms with Crippen molar-refractivity contribution in [1.82, 2.24) is 4.98 Å². The SMILES string of the molecule is O=C1[C@H]2[C@H]3C[C@@H]([C@@H]2C(=O)N1c1ccccc1)[C@H]1[C@H](c2cc(Cl)ccc2OCc2cccc(Cl)c2)c2sc(=O)[nH]c2S[C@H]31. The lowest BCUT2D eigenvalue weighted by atomic mass is 9.68. The number of imide groups is 1. The van der Waals surface area contributed by atoms with E-state index in [-0.39, 0.29) is 57.4 Å². The van der Waals surface area contributed by atoms with E-state index in [2.05, 4.69) is 4.98 Å². The van der Waals surface area contributed by atoms with Crippen LogP contribution in [0.25, 0.3) is 0 Å². The Morgan fingerprint density at radius 2 is 1.64 bits per heavy atom. The molecule has 6 nitrogen and oxygen atoms in total. The predicted octanol–water partition coefficient (Wildman–Crippen LogP) is 7.00. The number of hydrogen-bond acceptors (Lipinski definition) is 6. The Morgan fingerprint density at radius 3 is 2.43 bits per heavy atom. The Labute approximate surface area is 260 Å². The van der Waals surface area contributed by atoms with Crippen molar-refractivity contribution in [3.05, 3.63) is 109 Å². The largest absolute Gasteiger partial charge is 0.489 e. The van der Waals surface area contributed by atoms with Crippen molar-refractivity contribution in [3.8, 4) is 5.75 Å². The number of fused-ring (bicyclic) bond motifs is 9. The summed E-state index contributed by atoms with van der Waals surface area (Å²) >= 11 is 15.7. The third-order valence-electron chi connectivity index (χ3n) is 9.33. The predicted molar refractivity (Wildman–Crippen MR) is 165 cm³/mol. The molecule has 1 N–H and O–H groups in total. The Bertz CT molecular complexity index is 1810. The van der Waals surface area contributed by atoms with E-state index in [1.807, 2.05) is 72.8 Å². The number of nitrogens with one attached hydrogen (secondary N) is 1. The summed E-state index contributed by atoms with van der Waals surface area (Å²) in [6, 6.07) is 22.4. The Morgan fingerprint density at radius 1 is 0.881 bits per heavy atom. The molecule has 0 radical (unpaired) electrons. The summed E-state index contributed by atoms with van der Waals surface area (Å²) in [6.45, 7) is 0.316. The summed E-state index contributed by atoms with van der Waals surface area (Å²) < 4.78 is 6.40. The van der Waals surface area contributed by atoms with Crippen molar-refractivity contribution < 1.29 is 14.3 Å². The lowest BCUT2D eigenvalue weighted by Gasteiger charge is -2.43. The molecular weight excluding hydrogens is 611 g/mol. The van der Waals surface area contributed by atoms with E-state index in [1.165, 1.54) is 16.2 Å². The van der Waals surface area contributed by atoms with Crippen LogP contribution in [0.4, 0.5) is 5.69 Å². The van der Waals surface area contributed by atoms with Crippen molar-refractivity contribution in [2.45, 2.75) is 29.2 Å². The van der Waals surface area contributed by atoms with E-state index in [0.29, 0.717) is 28.1 Å². The van der Waals surface area contributed by atoms with Gasteiger partial charge in [-0.2, -0.15) is 0 Å². The van der Waals surface area contributed by atoms with Gasteiger partial charge in [0.2, 0.25) is 11.8 Å². The lowest BCUT2D eigenvalue weighted by Crippen LogP contribution is -2.42. The number of aromatic amines is 1. The first-order valence-electron chi connectivity index (χ1n) is 13.9. The second-order valence-corrected chi connectivity index (χ2v) is 14.5. The zero-order valence-corrected chi connectivity index (χ0v) is 25.2. The molecule has 3 fully saturated rings. The molecule has 42 heavy (non-hydrogen) atoms. The minimum Gasteiger partial charge on any atom is -0.489 e. The molecule has 4 aromatic rings. The fourth-order valence-corrected chi connectivity index (χ4v) is 11.2. The normalized spacial score (nSPS) is 29.0. The van der Waals surface area contributed by atoms with Gasteiger partial charge in [0.15, 0.2) is 0 Å². The van der Waals surface area contributed by atoms with Crippen LogP contribution in [-0.2, 0) is 16.2 Å². The van der Waals surface area contributed by atoms with E-state index < -0.39 is 0 Å². The van der Waals surface area contributed by atoms with Crippen LogP contribution in [0.5, 0.6) is 5.75 Å². The van der Waals surface area contributed by atoms with Gasteiger partial charge in [-0.05, 0) is 72.2 Å². The fraction of sp³-hybridized carbons (Fsp3) is 0.281. The molecule has 8 rings (SSSR count). The molecule has 2 bridgehead atoms. The van der Waals surface area contributed by atoms with Crippen LogP contribution >= 0.6 is 46.3 Å². The maximum absolute atomic E-state index is 14.0. The van der Waals surface area contributed by atoms with Crippen molar-refractivity contribution >= 4 is 63.8 Å². The first-order valence-corrected chi connectivity index (χ1v) is 16.3. The van der Waals surface area contributed by atoms with Gasteiger partial charge in [-0.25, -0.2) is 0 Å². The number of amides is 2. The van der Waals surface area contributed by atoms with Gasteiger partial charge >= 0.3 is 4.87 Å². The number of H-pyrrole nitrogens is 1. The van der Waals surface area contributed by atoms with Crippen LogP contribution < -0.4 is 14.5 Å². The number of thioether (sulfide) groups is 1. The van der Waals surface area contributed by atoms with Crippen LogP contribution in [-0.4, -0.2) is 22.0 Å². The van der Waals surface area contributed by atoms with Gasteiger partial charge < -0.3 is 9.72 Å². The second kappa shape index (κ2) is 10.0.